The number of aromatic nitrogens is 3. The van der Waals surface area contributed by atoms with Crippen molar-refractivity contribution in [3.8, 4) is 28.6 Å². The fourth-order valence-electron chi connectivity index (χ4n) is 3.90. The lowest BCUT2D eigenvalue weighted by Crippen LogP contribution is -2.12. The van der Waals surface area contributed by atoms with Gasteiger partial charge in [0.15, 0.2) is 22.7 Å². The average molecular weight is 521 g/mol. The molecule has 0 aliphatic rings. The standard InChI is InChI=1S/C27H22F2N4O3S/c1-4-37-32-19-7-10-25(35-24-9-6-18(28)12-21(24)29)23(13-19)33-14-15(2)26(34)20-11-17(5-8-22(20)33)27-30-16(3)36-31-27/h5-14,32H,4H2,1-3H3. The van der Waals surface area contributed by atoms with Crippen LogP contribution in [0.3, 0.4) is 0 Å². The minimum atomic E-state index is -0.823. The number of ether oxygens (including phenoxy) is 1. The second-order valence-corrected chi connectivity index (χ2v) is 9.34. The third-order valence-electron chi connectivity index (χ3n) is 5.63. The van der Waals surface area contributed by atoms with Crippen molar-refractivity contribution in [1.82, 2.24) is 14.7 Å². The summed E-state index contributed by atoms with van der Waals surface area (Å²) in [5.41, 5.74) is 2.94. The molecule has 0 unspecified atom stereocenters. The molecule has 0 saturated heterocycles. The first-order chi connectivity index (χ1) is 17.8. The zero-order valence-corrected chi connectivity index (χ0v) is 21.0. The molecule has 3 aromatic carbocycles. The maximum Gasteiger partial charge on any atom is 0.223 e. The maximum atomic E-state index is 14.4. The smallest absolute Gasteiger partial charge is 0.223 e. The van der Waals surface area contributed by atoms with E-state index >= 15 is 0 Å². The zero-order valence-electron chi connectivity index (χ0n) is 20.2. The van der Waals surface area contributed by atoms with E-state index in [-0.39, 0.29) is 11.2 Å². The van der Waals surface area contributed by atoms with Gasteiger partial charge in [0.2, 0.25) is 11.7 Å². The summed E-state index contributed by atoms with van der Waals surface area (Å²) < 4.78 is 44.0. The summed E-state index contributed by atoms with van der Waals surface area (Å²) >= 11 is 1.52. The van der Waals surface area contributed by atoms with Crippen molar-refractivity contribution >= 4 is 28.5 Å². The number of aryl methyl sites for hydroxylation is 2. The fraction of sp³-hybridized carbons (Fsp3) is 0.148. The number of benzene rings is 3. The van der Waals surface area contributed by atoms with Crippen LogP contribution in [-0.2, 0) is 0 Å². The van der Waals surface area contributed by atoms with Gasteiger partial charge in [0.1, 0.15) is 5.82 Å². The van der Waals surface area contributed by atoms with Crippen molar-refractivity contribution in [3.05, 3.63) is 94.1 Å². The van der Waals surface area contributed by atoms with Crippen LogP contribution in [0.1, 0.15) is 18.4 Å². The number of nitrogens with zero attached hydrogens (tertiary/aromatic N) is 3. The molecule has 1 N–H and O–H groups in total. The highest BCUT2D eigenvalue weighted by Gasteiger charge is 2.17. The Hall–Kier alpha value is -4.18. The Morgan fingerprint density at radius 3 is 2.59 bits per heavy atom. The Labute approximate surface area is 215 Å². The first kappa shape index (κ1) is 24.5. The van der Waals surface area contributed by atoms with Crippen molar-refractivity contribution in [2.45, 2.75) is 20.8 Å². The number of anilines is 1. The van der Waals surface area contributed by atoms with Crippen molar-refractivity contribution in [3.63, 3.8) is 0 Å². The van der Waals surface area contributed by atoms with Gasteiger partial charge in [-0.15, -0.1) is 0 Å². The molecule has 0 spiro atoms. The quantitative estimate of drug-likeness (QED) is 0.236. The van der Waals surface area contributed by atoms with Gasteiger partial charge in [-0.3, -0.25) is 4.79 Å². The molecule has 5 rings (SSSR count). The predicted molar refractivity (Wildman–Crippen MR) is 140 cm³/mol. The van der Waals surface area contributed by atoms with Gasteiger partial charge in [-0.2, -0.15) is 4.98 Å². The summed E-state index contributed by atoms with van der Waals surface area (Å²) in [6.45, 7) is 5.44. The Morgan fingerprint density at radius 1 is 1.05 bits per heavy atom. The highest BCUT2D eigenvalue weighted by Crippen LogP contribution is 2.35. The minimum absolute atomic E-state index is 0.122. The molecular formula is C27H22F2N4O3S. The van der Waals surface area contributed by atoms with Gasteiger partial charge >= 0.3 is 0 Å². The maximum absolute atomic E-state index is 14.4. The fourth-order valence-corrected chi connectivity index (χ4v) is 4.34. The number of pyridine rings is 1. The van der Waals surface area contributed by atoms with Crippen molar-refractivity contribution in [1.29, 1.82) is 0 Å². The van der Waals surface area contributed by atoms with Gasteiger partial charge in [0.05, 0.1) is 11.2 Å². The van der Waals surface area contributed by atoms with Gasteiger partial charge in [0.25, 0.3) is 0 Å². The molecule has 37 heavy (non-hydrogen) atoms. The molecule has 0 aliphatic heterocycles. The Morgan fingerprint density at radius 2 is 1.86 bits per heavy atom. The molecule has 0 atom stereocenters. The third-order valence-corrected chi connectivity index (χ3v) is 6.30. The van der Waals surface area contributed by atoms with E-state index in [1.807, 2.05) is 17.6 Å². The normalized spacial score (nSPS) is 11.2. The van der Waals surface area contributed by atoms with Crippen LogP contribution in [0.5, 0.6) is 11.5 Å². The molecule has 188 valence electrons. The lowest BCUT2D eigenvalue weighted by Gasteiger charge is -2.18. The van der Waals surface area contributed by atoms with E-state index < -0.39 is 11.6 Å². The number of hydrogen-bond donors (Lipinski definition) is 1. The molecule has 0 radical (unpaired) electrons. The largest absolute Gasteiger partial charge is 0.452 e. The van der Waals surface area contributed by atoms with Crippen LogP contribution in [0.2, 0.25) is 0 Å². The summed E-state index contributed by atoms with van der Waals surface area (Å²) in [5, 5.41) is 4.40. The number of halogens is 2. The minimum Gasteiger partial charge on any atom is -0.452 e. The van der Waals surface area contributed by atoms with Gasteiger partial charge in [0, 0.05) is 47.1 Å². The molecule has 7 nitrogen and oxygen atoms in total. The lowest BCUT2D eigenvalue weighted by molar-refractivity contribution is 0.394. The van der Waals surface area contributed by atoms with E-state index in [0.29, 0.717) is 45.2 Å². The number of nitrogens with one attached hydrogen (secondary N) is 1. The van der Waals surface area contributed by atoms with Gasteiger partial charge in [-0.1, -0.05) is 24.0 Å². The number of fused-ring (bicyclic) bond motifs is 1. The van der Waals surface area contributed by atoms with Crippen LogP contribution in [0.4, 0.5) is 14.5 Å². The van der Waals surface area contributed by atoms with Crippen LogP contribution >= 0.6 is 11.9 Å². The summed E-state index contributed by atoms with van der Waals surface area (Å²) in [4.78, 5) is 17.4. The van der Waals surface area contributed by atoms with Gasteiger partial charge in [-0.25, -0.2) is 8.78 Å². The molecule has 5 aromatic rings. The highest BCUT2D eigenvalue weighted by molar-refractivity contribution is 8.00. The third kappa shape index (κ3) is 4.92. The molecule has 0 bridgehead atoms. The average Bonchev–Trinajstić information content (AvgIpc) is 3.33. The second-order valence-electron chi connectivity index (χ2n) is 8.27. The predicted octanol–water partition coefficient (Wildman–Crippen LogP) is 6.81. The Bertz CT molecular complexity index is 1680. The molecular weight excluding hydrogens is 498 g/mol. The van der Waals surface area contributed by atoms with Crippen LogP contribution < -0.4 is 14.9 Å². The van der Waals surface area contributed by atoms with Crippen molar-refractivity contribution < 1.29 is 18.0 Å². The van der Waals surface area contributed by atoms with E-state index in [9.17, 15) is 13.6 Å². The summed E-state index contributed by atoms with van der Waals surface area (Å²) in [5.74, 6) is 0.313. The summed E-state index contributed by atoms with van der Waals surface area (Å²) in [6, 6.07) is 13.8. The second kappa shape index (κ2) is 10.1. The topological polar surface area (TPSA) is 82.2 Å². The zero-order chi connectivity index (χ0) is 26.1. The van der Waals surface area contributed by atoms with E-state index in [1.54, 1.807) is 50.4 Å². The van der Waals surface area contributed by atoms with Crippen molar-refractivity contribution in [2.75, 3.05) is 10.5 Å². The number of rotatable bonds is 7. The summed E-state index contributed by atoms with van der Waals surface area (Å²) in [6.07, 6.45) is 1.71. The van der Waals surface area contributed by atoms with Gasteiger partial charge in [-0.05, 0) is 55.5 Å². The van der Waals surface area contributed by atoms with Crippen LogP contribution in [0, 0.1) is 25.5 Å². The summed E-state index contributed by atoms with van der Waals surface area (Å²) in [7, 11) is 0. The van der Waals surface area contributed by atoms with E-state index in [1.165, 1.54) is 18.0 Å². The molecule has 0 aliphatic carbocycles. The van der Waals surface area contributed by atoms with Crippen LogP contribution in [-0.4, -0.2) is 20.5 Å². The first-order valence-electron chi connectivity index (χ1n) is 11.5. The molecule has 0 amide bonds. The lowest BCUT2D eigenvalue weighted by atomic mass is 10.1. The Kier molecular flexibility index (Phi) is 6.66. The highest BCUT2D eigenvalue weighted by atomic mass is 32.2. The van der Waals surface area contributed by atoms with E-state index in [2.05, 4.69) is 14.9 Å². The number of hydrogen-bond acceptors (Lipinski definition) is 7. The van der Waals surface area contributed by atoms with Crippen molar-refractivity contribution in [2.24, 2.45) is 0 Å². The van der Waals surface area contributed by atoms with Crippen LogP contribution in [0.25, 0.3) is 28.0 Å². The van der Waals surface area contributed by atoms with E-state index in [0.717, 1.165) is 23.6 Å². The van der Waals surface area contributed by atoms with Crippen LogP contribution in [0.15, 0.2) is 70.1 Å². The Balaban J connectivity index is 1.70. The van der Waals surface area contributed by atoms with E-state index in [4.69, 9.17) is 9.26 Å². The van der Waals surface area contributed by atoms with Gasteiger partial charge < -0.3 is 18.5 Å². The molecule has 2 aromatic heterocycles. The molecule has 2 heterocycles. The molecule has 0 fully saturated rings. The monoisotopic (exact) mass is 520 g/mol. The first-order valence-corrected chi connectivity index (χ1v) is 12.4. The molecule has 10 heteroatoms. The molecule has 0 saturated carbocycles. The SMILES string of the molecule is CCSNc1ccc(Oc2ccc(F)cc2F)c(-n2cc(C)c(=O)c3cc(-c4noc(C)n4)ccc32)c1.